The van der Waals surface area contributed by atoms with E-state index in [9.17, 15) is 14.0 Å². The van der Waals surface area contributed by atoms with E-state index in [1.165, 1.54) is 12.1 Å². The first-order chi connectivity index (χ1) is 11.1. The summed E-state index contributed by atoms with van der Waals surface area (Å²) in [6, 6.07) is 4.40. The summed E-state index contributed by atoms with van der Waals surface area (Å²) in [5, 5.41) is 6.30. The number of ketones is 2. The van der Waals surface area contributed by atoms with E-state index >= 15 is 0 Å². The molecule has 0 saturated heterocycles. The van der Waals surface area contributed by atoms with Crippen molar-refractivity contribution in [1.82, 2.24) is 10.6 Å². The van der Waals surface area contributed by atoms with Gasteiger partial charge in [0.1, 0.15) is 5.82 Å². The Hall–Kier alpha value is -1.98. The molecule has 0 spiro atoms. The summed E-state index contributed by atoms with van der Waals surface area (Å²) in [7, 11) is 0. The molecule has 1 atom stereocenters. The van der Waals surface area contributed by atoms with Crippen molar-refractivity contribution >= 4 is 23.2 Å². The third kappa shape index (κ3) is 2.23. The minimum absolute atomic E-state index is 0.00263. The molecular formula is C17H14ClFN2O2. The van der Waals surface area contributed by atoms with Gasteiger partial charge in [0.15, 0.2) is 11.6 Å². The van der Waals surface area contributed by atoms with Gasteiger partial charge in [-0.3, -0.25) is 9.59 Å². The highest BCUT2D eigenvalue weighted by atomic mass is 35.5. The summed E-state index contributed by atoms with van der Waals surface area (Å²) in [4.78, 5) is 24.8. The molecule has 2 N–H and O–H groups in total. The maximum atomic E-state index is 13.5. The first-order valence-corrected chi connectivity index (χ1v) is 7.89. The van der Waals surface area contributed by atoms with Crippen molar-refractivity contribution in [3.63, 3.8) is 0 Å². The average Bonchev–Trinajstić information content (AvgIpc) is 2.90. The minimum Gasteiger partial charge on any atom is -0.360 e. The molecule has 2 heterocycles. The summed E-state index contributed by atoms with van der Waals surface area (Å²) in [5.74, 6) is -0.975. The lowest BCUT2D eigenvalue weighted by molar-refractivity contribution is -0.115. The fourth-order valence-electron chi connectivity index (χ4n) is 3.60. The standard InChI is InChI=1S/C17H14ClFN2O2/c18-9-5-8(1-2-10(9)19)15-16-11(3-4-13(16)22)21-12-6-20-7-14(23)17(12)15/h1-2,5,15,20-21H,3-4,6-7H2. The van der Waals surface area contributed by atoms with Crippen LogP contribution in [0.15, 0.2) is 40.7 Å². The zero-order valence-corrected chi connectivity index (χ0v) is 13.0. The third-order valence-electron chi connectivity index (χ3n) is 4.60. The maximum absolute atomic E-state index is 13.5. The van der Waals surface area contributed by atoms with E-state index in [0.29, 0.717) is 36.1 Å². The molecule has 2 aliphatic heterocycles. The lowest BCUT2D eigenvalue weighted by Gasteiger charge is -2.33. The lowest BCUT2D eigenvalue weighted by Crippen LogP contribution is -2.42. The first-order valence-electron chi connectivity index (χ1n) is 7.51. The quantitative estimate of drug-likeness (QED) is 0.828. The van der Waals surface area contributed by atoms with Crippen LogP contribution in [0.5, 0.6) is 0 Å². The van der Waals surface area contributed by atoms with Crippen molar-refractivity contribution in [2.75, 3.05) is 13.1 Å². The molecule has 1 aliphatic carbocycles. The zero-order chi connectivity index (χ0) is 16.1. The summed E-state index contributed by atoms with van der Waals surface area (Å²) in [5.41, 5.74) is 3.58. The molecule has 0 bridgehead atoms. The van der Waals surface area contributed by atoms with Crippen molar-refractivity contribution < 1.29 is 14.0 Å². The van der Waals surface area contributed by atoms with Crippen molar-refractivity contribution in [2.24, 2.45) is 0 Å². The Bertz CT molecular complexity index is 813. The summed E-state index contributed by atoms with van der Waals surface area (Å²) >= 11 is 5.92. The van der Waals surface area contributed by atoms with Crippen LogP contribution in [0.4, 0.5) is 4.39 Å². The van der Waals surface area contributed by atoms with Gasteiger partial charge in [0.2, 0.25) is 0 Å². The molecule has 0 radical (unpaired) electrons. The fraction of sp³-hybridized carbons (Fsp3) is 0.294. The topological polar surface area (TPSA) is 58.2 Å². The molecule has 118 valence electrons. The molecule has 4 nitrogen and oxygen atoms in total. The second kappa shape index (κ2) is 5.28. The summed E-state index contributed by atoms with van der Waals surface area (Å²) < 4.78 is 13.5. The van der Waals surface area contributed by atoms with Gasteiger partial charge in [-0.15, -0.1) is 0 Å². The number of hydrogen-bond donors (Lipinski definition) is 2. The van der Waals surface area contributed by atoms with Crippen LogP contribution in [0.25, 0.3) is 0 Å². The summed E-state index contributed by atoms with van der Waals surface area (Å²) in [6.07, 6.45) is 1.08. The van der Waals surface area contributed by atoms with E-state index in [1.807, 2.05) is 0 Å². The van der Waals surface area contributed by atoms with Gasteiger partial charge < -0.3 is 10.6 Å². The van der Waals surface area contributed by atoms with Crippen molar-refractivity contribution in [3.05, 3.63) is 57.1 Å². The van der Waals surface area contributed by atoms with Crippen LogP contribution in [0, 0.1) is 5.82 Å². The highest BCUT2D eigenvalue weighted by Crippen LogP contribution is 2.44. The molecule has 23 heavy (non-hydrogen) atoms. The average molecular weight is 333 g/mol. The number of rotatable bonds is 1. The van der Waals surface area contributed by atoms with E-state index < -0.39 is 11.7 Å². The molecule has 0 fully saturated rings. The number of dihydropyridines is 1. The Morgan fingerprint density at radius 3 is 2.61 bits per heavy atom. The van der Waals surface area contributed by atoms with Crippen LogP contribution in [0.1, 0.15) is 24.3 Å². The van der Waals surface area contributed by atoms with Crippen LogP contribution >= 0.6 is 11.6 Å². The number of allylic oxidation sites excluding steroid dienone is 2. The Morgan fingerprint density at radius 2 is 1.83 bits per heavy atom. The van der Waals surface area contributed by atoms with Crippen LogP contribution in [0.3, 0.4) is 0 Å². The third-order valence-corrected chi connectivity index (χ3v) is 4.89. The van der Waals surface area contributed by atoms with Gasteiger partial charge in [-0.1, -0.05) is 17.7 Å². The van der Waals surface area contributed by atoms with E-state index in [4.69, 9.17) is 11.6 Å². The molecule has 0 aromatic heterocycles. The molecule has 0 amide bonds. The largest absolute Gasteiger partial charge is 0.360 e. The van der Waals surface area contributed by atoms with Gasteiger partial charge in [-0.05, 0) is 24.1 Å². The molecule has 6 heteroatoms. The number of carbonyl (C=O) groups is 2. The Kier molecular flexibility index (Phi) is 3.36. The number of halogens is 2. The second-order valence-corrected chi connectivity index (χ2v) is 6.37. The smallest absolute Gasteiger partial charge is 0.175 e. The van der Waals surface area contributed by atoms with E-state index in [0.717, 1.165) is 11.4 Å². The Labute approximate surface area is 137 Å². The zero-order valence-electron chi connectivity index (χ0n) is 12.2. The molecule has 4 rings (SSSR count). The molecular weight excluding hydrogens is 319 g/mol. The van der Waals surface area contributed by atoms with Gasteiger partial charge in [-0.2, -0.15) is 0 Å². The van der Waals surface area contributed by atoms with Gasteiger partial charge in [-0.25, -0.2) is 4.39 Å². The van der Waals surface area contributed by atoms with E-state index in [2.05, 4.69) is 10.6 Å². The van der Waals surface area contributed by atoms with Crippen molar-refractivity contribution in [3.8, 4) is 0 Å². The van der Waals surface area contributed by atoms with Gasteiger partial charge in [0.25, 0.3) is 0 Å². The molecule has 1 unspecified atom stereocenters. The predicted molar refractivity (Wildman–Crippen MR) is 83.5 cm³/mol. The first kappa shape index (κ1) is 14.6. The SMILES string of the molecule is O=C1CCC2=C1C(c1ccc(F)c(Cl)c1)C1=C(CNCC1=O)N2. The second-order valence-electron chi connectivity index (χ2n) is 5.97. The molecule has 1 aromatic rings. The minimum atomic E-state index is -0.512. The fourth-order valence-corrected chi connectivity index (χ4v) is 3.79. The Morgan fingerprint density at radius 1 is 1.04 bits per heavy atom. The number of benzene rings is 1. The lowest BCUT2D eigenvalue weighted by atomic mass is 9.77. The van der Waals surface area contributed by atoms with E-state index in [1.54, 1.807) is 6.07 Å². The van der Waals surface area contributed by atoms with Crippen LogP contribution in [0.2, 0.25) is 5.02 Å². The predicted octanol–water partition coefficient (Wildman–Crippen LogP) is 2.21. The normalized spacial score (nSPS) is 23.8. The van der Waals surface area contributed by atoms with Crippen LogP contribution in [-0.4, -0.2) is 24.7 Å². The van der Waals surface area contributed by atoms with Gasteiger partial charge in [0.05, 0.1) is 11.6 Å². The molecule has 1 aromatic carbocycles. The van der Waals surface area contributed by atoms with Gasteiger partial charge in [0, 0.05) is 41.4 Å². The highest BCUT2D eigenvalue weighted by molar-refractivity contribution is 6.30. The number of Topliss-reactive ketones (excluding diaryl/α,β-unsaturated/α-hetero) is 2. The molecule has 0 saturated carbocycles. The Balaban J connectivity index is 1.91. The highest BCUT2D eigenvalue weighted by Gasteiger charge is 2.41. The molecule has 3 aliphatic rings. The maximum Gasteiger partial charge on any atom is 0.175 e. The van der Waals surface area contributed by atoms with Crippen LogP contribution < -0.4 is 10.6 Å². The van der Waals surface area contributed by atoms with Gasteiger partial charge >= 0.3 is 0 Å². The number of nitrogens with one attached hydrogen (secondary N) is 2. The monoisotopic (exact) mass is 332 g/mol. The summed E-state index contributed by atoms with van der Waals surface area (Å²) in [6.45, 7) is 0.792. The van der Waals surface area contributed by atoms with Crippen LogP contribution in [-0.2, 0) is 9.59 Å². The van der Waals surface area contributed by atoms with Crippen molar-refractivity contribution in [1.29, 1.82) is 0 Å². The van der Waals surface area contributed by atoms with E-state index in [-0.39, 0.29) is 23.1 Å². The number of carbonyl (C=O) groups excluding carboxylic acids is 2. The van der Waals surface area contributed by atoms with Crippen molar-refractivity contribution in [2.45, 2.75) is 18.8 Å². The number of hydrogen-bond acceptors (Lipinski definition) is 4.